The summed E-state index contributed by atoms with van der Waals surface area (Å²) >= 11 is 0. The Kier molecular flexibility index (Phi) is 6.43. The van der Waals surface area contributed by atoms with Gasteiger partial charge >= 0.3 is 0 Å². The second kappa shape index (κ2) is 9.39. The van der Waals surface area contributed by atoms with Crippen molar-refractivity contribution in [3.05, 3.63) is 66.1 Å². The molecular weight excluding hydrogens is 386 g/mol. The topological polar surface area (TPSA) is 34.5 Å². The first-order valence-electron chi connectivity index (χ1n) is 10.5. The van der Waals surface area contributed by atoms with Crippen molar-refractivity contribution < 1.29 is 18.3 Å². The molecule has 6 heteroatoms. The van der Waals surface area contributed by atoms with E-state index in [-0.39, 0.29) is 11.9 Å². The van der Waals surface area contributed by atoms with Gasteiger partial charge in [-0.3, -0.25) is 4.79 Å². The second-order valence-corrected chi connectivity index (χ2v) is 7.78. The average molecular weight is 412 g/mol. The van der Waals surface area contributed by atoms with Gasteiger partial charge in [-0.2, -0.15) is 0 Å². The van der Waals surface area contributed by atoms with E-state index in [0.717, 1.165) is 56.3 Å². The number of Topliss-reactive ketones (excluding diaryl/α,β-unsaturated/α-hetero) is 1. The molecule has 1 fully saturated rings. The molecule has 158 valence electrons. The quantitative estimate of drug-likeness (QED) is 0.495. The third kappa shape index (κ3) is 4.70. The summed E-state index contributed by atoms with van der Waals surface area (Å²) in [6.45, 7) is 2.70. The maximum Gasteiger partial charge on any atom is 0.195 e. The molecule has 2 heterocycles. The normalized spacial score (nSPS) is 15.5. The second-order valence-electron chi connectivity index (χ2n) is 7.78. The van der Waals surface area contributed by atoms with E-state index in [9.17, 15) is 13.6 Å². The van der Waals surface area contributed by atoms with Crippen LogP contribution in [0.1, 0.15) is 29.6 Å². The first kappa shape index (κ1) is 20.5. The van der Waals surface area contributed by atoms with E-state index in [2.05, 4.69) is 9.47 Å². The Morgan fingerprint density at radius 1 is 1.03 bits per heavy atom. The van der Waals surface area contributed by atoms with Crippen molar-refractivity contribution in [1.29, 1.82) is 0 Å². The summed E-state index contributed by atoms with van der Waals surface area (Å²) in [5.41, 5.74) is 1.44. The zero-order valence-electron chi connectivity index (χ0n) is 16.9. The fourth-order valence-corrected chi connectivity index (χ4v) is 4.15. The van der Waals surface area contributed by atoms with Crippen molar-refractivity contribution in [2.24, 2.45) is 0 Å². The highest BCUT2D eigenvalue weighted by molar-refractivity contribution is 6.08. The van der Waals surface area contributed by atoms with E-state index in [0.29, 0.717) is 11.3 Å². The molecule has 0 saturated carbocycles. The number of para-hydroxylation sites is 1. The Hall–Kier alpha value is -2.73. The van der Waals surface area contributed by atoms with Crippen molar-refractivity contribution >= 4 is 16.7 Å². The van der Waals surface area contributed by atoms with E-state index in [1.165, 1.54) is 12.1 Å². The predicted molar refractivity (Wildman–Crippen MR) is 113 cm³/mol. The van der Waals surface area contributed by atoms with Gasteiger partial charge < -0.3 is 14.2 Å². The van der Waals surface area contributed by atoms with Gasteiger partial charge in [0, 0.05) is 42.3 Å². The fraction of sp³-hybridized carbons (Fsp3) is 0.375. The highest BCUT2D eigenvalue weighted by atomic mass is 19.1. The highest BCUT2D eigenvalue weighted by Crippen LogP contribution is 2.23. The smallest absolute Gasteiger partial charge is 0.195 e. The van der Waals surface area contributed by atoms with E-state index in [4.69, 9.17) is 4.74 Å². The maximum atomic E-state index is 13.0. The summed E-state index contributed by atoms with van der Waals surface area (Å²) in [5, 5.41) is 0.818. The number of rotatable bonds is 8. The molecule has 3 aromatic rings. The summed E-state index contributed by atoms with van der Waals surface area (Å²) in [4.78, 5) is 14.3. The molecule has 1 aliphatic rings. The molecule has 2 aromatic carbocycles. The van der Waals surface area contributed by atoms with Gasteiger partial charge in [-0.25, -0.2) is 8.78 Å². The summed E-state index contributed by atoms with van der Waals surface area (Å²) in [7, 11) is 0. The lowest BCUT2D eigenvalue weighted by molar-refractivity contribution is 0.0960. The van der Waals surface area contributed by atoms with E-state index in [1.54, 1.807) is 18.3 Å². The van der Waals surface area contributed by atoms with Crippen LogP contribution in [0.2, 0.25) is 0 Å². The number of aromatic nitrogens is 1. The maximum absolute atomic E-state index is 13.0. The SMILES string of the molecule is O=C(CF)c1cn(CCCN2CCC(Oc3ccc(F)cc3)CC2)c2ccccc12. The summed E-state index contributed by atoms with van der Waals surface area (Å²) in [6.07, 6.45) is 4.79. The van der Waals surface area contributed by atoms with Crippen LogP contribution < -0.4 is 4.74 Å². The molecule has 1 aromatic heterocycles. The number of benzene rings is 2. The van der Waals surface area contributed by atoms with Gasteiger partial charge in [0.05, 0.1) is 0 Å². The van der Waals surface area contributed by atoms with Gasteiger partial charge in [-0.15, -0.1) is 0 Å². The molecule has 0 spiro atoms. The molecule has 0 bridgehead atoms. The monoisotopic (exact) mass is 412 g/mol. The van der Waals surface area contributed by atoms with Crippen LogP contribution in [0, 0.1) is 5.82 Å². The molecule has 1 saturated heterocycles. The van der Waals surface area contributed by atoms with Gasteiger partial charge in [0.15, 0.2) is 12.5 Å². The van der Waals surface area contributed by atoms with Crippen molar-refractivity contribution in [3.8, 4) is 5.75 Å². The molecular formula is C24H26F2N2O2. The van der Waals surface area contributed by atoms with Crippen LogP contribution in [0.4, 0.5) is 8.78 Å². The number of carbonyl (C=O) groups excluding carboxylic acids is 1. The Balaban J connectivity index is 1.27. The minimum Gasteiger partial charge on any atom is -0.490 e. The molecule has 0 radical (unpaired) electrons. The van der Waals surface area contributed by atoms with Crippen LogP contribution in [0.3, 0.4) is 0 Å². The van der Waals surface area contributed by atoms with Gasteiger partial charge in [-0.05, 0) is 56.1 Å². The van der Waals surface area contributed by atoms with Crippen LogP contribution in [0.5, 0.6) is 5.75 Å². The molecule has 1 aliphatic heterocycles. The van der Waals surface area contributed by atoms with Gasteiger partial charge in [0.1, 0.15) is 17.7 Å². The Morgan fingerprint density at radius 2 is 1.77 bits per heavy atom. The summed E-state index contributed by atoms with van der Waals surface area (Å²) in [5.74, 6) is -0.00466. The zero-order valence-corrected chi connectivity index (χ0v) is 16.9. The minimum atomic E-state index is -0.969. The molecule has 0 atom stereocenters. The van der Waals surface area contributed by atoms with Crippen molar-refractivity contribution in [1.82, 2.24) is 9.47 Å². The zero-order chi connectivity index (χ0) is 20.9. The number of piperidine rings is 1. The average Bonchev–Trinajstić information content (AvgIpc) is 3.15. The number of carbonyl (C=O) groups is 1. The summed E-state index contributed by atoms with van der Waals surface area (Å²) in [6, 6.07) is 13.8. The summed E-state index contributed by atoms with van der Waals surface area (Å²) < 4.78 is 33.9. The van der Waals surface area contributed by atoms with Gasteiger partial charge in [-0.1, -0.05) is 18.2 Å². The lowest BCUT2D eigenvalue weighted by atomic mass is 10.1. The number of ketones is 1. The number of likely N-dealkylation sites (tertiary alicyclic amines) is 1. The fourth-order valence-electron chi connectivity index (χ4n) is 4.15. The van der Waals surface area contributed by atoms with Crippen LogP contribution in [0.15, 0.2) is 54.7 Å². The van der Waals surface area contributed by atoms with E-state index in [1.807, 2.05) is 24.3 Å². The lowest BCUT2D eigenvalue weighted by Gasteiger charge is -2.32. The Morgan fingerprint density at radius 3 is 2.50 bits per heavy atom. The minimum absolute atomic E-state index is 0.161. The number of hydrogen-bond donors (Lipinski definition) is 0. The number of hydrogen-bond acceptors (Lipinski definition) is 3. The molecule has 4 rings (SSSR count). The van der Waals surface area contributed by atoms with Crippen LogP contribution in [-0.4, -0.2) is 47.7 Å². The third-order valence-electron chi connectivity index (χ3n) is 5.73. The van der Waals surface area contributed by atoms with E-state index >= 15 is 0 Å². The highest BCUT2D eigenvalue weighted by Gasteiger charge is 2.20. The molecule has 0 amide bonds. The number of nitrogens with zero attached hydrogens (tertiary/aromatic N) is 2. The Labute approximate surface area is 175 Å². The van der Waals surface area contributed by atoms with Crippen LogP contribution >= 0.6 is 0 Å². The molecule has 0 N–H and O–H groups in total. The number of fused-ring (bicyclic) bond motifs is 1. The first-order valence-corrected chi connectivity index (χ1v) is 10.5. The number of alkyl halides is 1. The number of aryl methyl sites for hydroxylation is 1. The lowest BCUT2D eigenvalue weighted by Crippen LogP contribution is -2.38. The molecule has 4 nitrogen and oxygen atoms in total. The largest absolute Gasteiger partial charge is 0.490 e. The van der Waals surface area contributed by atoms with Gasteiger partial charge in [0.25, 0.3) is 0 Å². The molecule has 0 aliphatic carbocycles. The molecule has 0 unspecified atom stereocenters. The standard InChI is InChI=1S/C24H26F2N2O2/c25-16-24(29)22-17-28(23-5-2-1-4-21(22)23)13-3-12-27-14-10-20(11-15-27)30-19-8-6-18(26)7-9-19/h1-2,4-9,17,20H,3,10-16H2. The number of ether oxygens (including phenoxy) is 1. The van der Waals surface area contributed by atoms with Crippen molar-refractivity contribution in [2.45, 2.75) is 31.9 Å². The van der Waals surface area contributed by atoms with Crippen LogP contribution in [0.25, 0.3) is 10.9 Å². The predicted octanol–water partition coefficient (Wildman–Crippen LogP) is 4.87. The third-order valence-corrected chi connectivity index (χ3v) is 5.73. The van der Waals surface area contributed by atoms with Crippen LogP contribution in [-0.2, 0) is 6.54 Å². The molecule has 30 heavy (non-hydrogen) atoms. The van der Waals surface area contributed by atoms with Gasteiger partial charge in [0.2, 0.25) is 0 Å². The van der Waals surface area contributed by atoms with E-state index < -0.39 is 12.5 Å². The Bertz CT molecular complexity index is 992. The first-order chi connectivity index (χ1) is 14.6. The van der Waals surface area contributed by atoms with Crippen molar-refractivity contribution in [3.63, 3.8) is 0 Å². The van der Waals surface area contributed by atoms with Crippen molar-refractivity contribution in [2.75, 3.05) is 26.3 Å². The number of halogens is 2.